The van der Waals surface area contributed by atoms with Crippen LogP contribution >= 0.6 is 0 Å². The van der Waals surface area contributed by atoms with Crippen LogP contribution in [0.4, 0.5) is 11.4 Å². The summed E-state index contributed by atoms with van der Waals surface area (Å²) in [7, 11) is 0. The van der Waals surface area contributed by atoms with Gasteiger partial charge in [0.25, 0.3) is 5.69 Å². The average molecular weight is 265 g/mol. The van der Waals surface area contributed by atoms with E-state index in [4.69, 9.17) is 5.73 Å². The average Bonchev–Trinajstić information content (AvgIpc) is 2.34. The molecular weight excluding hydrogens is 246 g/mol. The molecule has 0 aliphatic heterocycles. The predicted octanol–water partition coefficient (Wildman–Crippen LogP) is 2.54. The van der Waals surface area contributed by atoms with Crippen LogP contribution in [0.15, 0.2) is 18.2 Å². The van der Waals surface area contributed by atoms with Gasteiger partial charge in [-0.15, -0.1) is 0 Å². The lowest BCUT2D eigenvalue weighted by Crippen LogP contribution is -2.25. The highest BCUT2D eigenvalue weighted by molar-refractivity contribution is 5.94. The molecule has 1 rings (SSSR count). The van der Waals surface area contributed by atoms with Crippen LogP contribution in [-0.4, -0.2) is 16.9 Å². The summed E-state index contributed by atoms with van der Waals surface area (Å²) in [6.07, 6.45) is 0.829. The largest absolute Gasteiger partial charge is 0.376 e. The van der Waals surface area contributed by atoms with E-state index in [0.717, 1.165) is 6.42 Å². The van der Waals surface area contributed by atoms with Crippen LogP contribution in [0.2, 0.25) is 0 Å². The fraction of sp³-hybridized carbons (Fsp3) is 0.462. The first-order chi connectivity index (χ1) is 8.86. The first-order valence-corrected chi connectivity index (χ1v) is 6.21. The molecule has 6 nitrogen and oxygen atoms in total. The molecule has 1 amide bonds. The van der Waals surface area contributed by atoms with Gasteiger partial charge in [0.05, 0.1) is 4.92 Å². The van der Waals surface area contributed by atoms with Crippen molar-refractivity contribution in [1.82, 2.24) is 0 Å². The van der Waals surface area contributed by atoms with Gasteiger partial charge in [0.15, 0.2) is 0 Å². The molecule has 0 saturated carbocycles. The number of nitrogens with two attached hydrogens (primary N) is 1. The Morgan fingerprint density at radius 1 is 1.47 bits per heavy atom. The minimum atomic E-state index is -0.601. The van der Waals surface area contributed by atoms with E-state index in [2.05, 4.69) is 5.32 Å². The third kappa shape index (κ3) is 3.67. The summed E-state index contributed by atoms with van der Waals surface area (Å²) >= 11 is 0. The normalized spacial score (nSPS) is 12.2. The minimum Gasteiger partial charge on any atom is -0.376 e. The van der Waals surface area contributed by atoms with E-state index in [1.54, 1.807) is 0 Å². The zero-order valence-corrected chi connectivity index (χ0v) is 11.3. The topological polar surface area (TPSA) is 98.3 Å². The Labute approximate surface area is 112 Å². The maximum Gasteiger partial charge on any atom is 0.292 e. The van der Waals surface area contributed by atoms with Gasteiger partial charge in [-0.2, -0.15) is 0 Å². The minimum absolute atomic E-state index is 0.0518. The Morgan fingerprint density at radius 2 is 2.11 bits per heavy atom. The highest BCUT2D eigenvalue weighted by atomic mass is 16.6. The summed E-state index contributed by atoms with van der Waals surface area (Å²) in [5.74, 6) is -0.280. The monoisotopic (exact) mass is 265 g/mol. The van der Waals surface area contributed by atoms with E-state index >= 15 is 0 Å². The zero-order chi connectivity index (χ0) is 14.6. The summed E-state index contributed by atoms with van der Waals surface area (Å²) < 4.78 is 0. The Balaban J connectivity index is 3.17. The number of nitrogens with zero attached hydrogens (tertiary/aromatic N) is 1. The van der Waals surface area contributed by atoms with Crippen molar-refractivity contribution >= 4 is 17.3 Å². The molecule has 104 valence electrons. The molecule has 0 radical (unpaired) electrons. The van der Waals surface area contributed by atoms with Gasteiger partial charge < -0.3 is 11.1 Å². The van der Waals surface area contributed by atoms with Crippen LogP contribution in [-0.2, 0) is 0 Å². The zero-order valence-electron chi connectivity index (χ0n) is 11.3. The van der Waals surface area contributed by atoms with E-state index in [1.165, 1.54) is 18.2 Å². The SMILES string of the molecule is CCC(Nc1cc(C(N)=O)ccc1[N+](=O)[O-])C(C)C. The van der Waals surface area contributed by atoms with Crippen LogP contribution in [0.3, 0.4) is 0 Å². The van der Waals surface area contributed by atoms with E-state index in [9.17, 15) is 14.9 Å². The maximum absolute atomic E-state index is 11.1. The van der Waals surface area contributed by atoms with Crippen molar-refractivity contribution in [2.24, 2.45) is 11.7 Å². The Bertz CT molecular complexity index is 486. The molecule has 3 N–H and O–H groups in total. The van der Waals surface area contributed by atoms with Crippen molar-refractivity contribution < 1.29 is 9.72 Å². The number of amides is 1. The molecule has 0 aliphatic carbocycles. The second-order valence-electron chi connectivity index (χ2n) is 4.76. The number of carbonyl (C=O) groups is 1. The van der Waals surface area contributed by atoms with Crippen molar-refractivity contribution in [1.29, 1.82) is 0 Å². The Morgan fingerprint density at radius 3 is 2.53 bits per heavy atom. The standard InChI is InChI=1S/C13H19N3O3/c1-4-10(8(2)3)15-11-7-9(13(14)17)5-6-12(11)16(18)19/h5-8,10,15H,4H2,1-3H3,(H2,14,17). The number of primary amides is 1. The van der Waals surface area contributed by atoms with Crippen LogP contribution in [0.25, 0.3) is 0 Å². The van der Waals surface area contributed by atoms with Crippen LogP contribution in [0.1, 0.15) is 37.6 Å². The van der Waals surface area contributed by atoms with Gasteiger partial charge in [0.1, 0.15) is 5.69 Å². The smallest absolute Gasteiger partial charge is 0.292 e. The van der Waals surface area contributed by atoms with Crippen LogP contribution in [0, 0.1) is 16.0 Å². The molecule has 0 aromatic heterocycles. The van der Waals surface area contributed by atoms with Gasteiger partial charge in [-0.05, 0) is 24.5 Å². The molecule has 6 heteroatoms. The number of nitrogens with one attached hydrogen (secondary N) is 1. The molecule has 0 bridgehead atoms. The number of anilines is 1. The second kappa shape index (κ2) is 6.17. The van der Waals surface area contributed by atoms with Crippen molar-refractivity contribution in [3.8, 4) is 0 Å². The molecule has 1 aromatic carbocycles. The number of hydrogen-bond donors (Lipinski definition) is 2. The van der Waals surface area contributed by atoms with E-state index in [0.29, 0.717) is 11.6 Å². The molecule has 0 fully saturated rings. The lowest BCUT2D eigenvalue weighted by Gasteiger charge is -2.22. The van der Waals surface area contributed by atoms with Gasteiger partial charge in [-0.25, -0.2) is 0 Å². The molecule has 0 aliphatic rings. The van der Waals surface area contributed by atoms with Crippen LogP contribution in [0.5, 0.6) is 0 Å². The summed E-state index contributed by atoms with van der Waals surface area (Å²) in [6.45, 7) is 6.07. The molecule has 1 unspecified atom stereocenters. The Hall–Kier alpha value is -2.11. The summed E-state index contributed by atoms with van der Waals surface area (Å²) in [4.78, 5) is 21.7. The summed E-state index contributed by atoms with van der Waals surface area (Å²) in [5.41, 5.74) is 5.73. The molecule has 0 spiro atoms. The number of rotatable bonds is 6. The molecule has 0 saturated heterocycles. The lowest BCUT2D eigenvalue weighted by atomic mass is 10.0. The summed E-state index contributed by atoms with van der Waals surface area (Å²) in [6, 6.07) is 4.20. The van der Waals surface area contributed by atoms with E-state index in [-0.39, 0.29) is 17.3 Å². The lowest BCUT2D eigenvalue weighted by molar-refractivity contribution is -0.384. The first kappa shape index (κ1) is 14.9. The van der Waals surface area contributed by atoms with Gasteiger partial charge in [0.2, 0.25) is 5.91 Å². The van der Waals surface area contributed by atoms with Crippen molar-refractivity contribution in [2.45, 2.75) is 33.2 Å². The van der Waals surface area contributed by atoms with Gasteiger partial charge >= 0.3 is 0 Å². The van der Waals surface area contributed by atoms with Gasteiger partial charge in [-0.1, -0.05) is 20.8 Å². The molecule has 1 aromatic rings. The molecule has 19 heavy (non-hydrogen) atoms. The highest BCUT2D eigenvalue weighted by Gasteiger charge is 2.19. The fourth-order valence-electron chi connectivity index (χ4n) is 1.90. The van der Waals surface area contributed by atoms with E-state index < -0.39 is 10.8 Å². The van der Waals surface area contributed by atoms with Crippen LogP contribution < -0.4 is 11.1 Å². The molecular formula is C13H19N3O3. The third-order valence-corrected chi connectivity index (χ3v) is 3.06. The van der Waals surface area contributed by atoms with E-state index in [1.807, 2.05) is 20.8 Å². The highest BCUT2D eigenvalue weighted by Crippen LogP contribution is 2.27. The van der Waals surface area contributed by atoms with Crippen molar-refractivity contribution in [3.63, 3.8) is 0 Å². The van der Waals surface area contributed by atoms with Gasteiger partial charge in [-0.3, -0.25) is 14.9 Å². The second-order valence-corrected chi connectivity index (χ2v) is 4.76. The molecule has 1 atom stereocenters. The predicted molar refractivity (Wildman–Crippen MR) is 74.2 cm³/mol. The quantitative estimate of drug-likeness (QED) is 0.610. The number of hydrogen-bond acceptors (Lipinski definition) is 4. The third-order valence-electron chi connectivity index (χ3n) is 3.06. The van der Waals surface area contributed by atoms with Crippen molar-refractivity contribution in [3.05, 3.63) is 33.9 Å². The number of nitro benzene ring substituents is 1. The Kier molecular flexibility index (Phi) is 4.86. The molecule has 0 heterocycles. The van der Waals surface area contributed by atoms with Crippen molar-refractivity contribution in [2.75, 3.05) is 5.32 Å². The number of nitro groups is 1. The number of carbonyl (C=O) groups excluding carboxylic acids is 1. The maximum atomic E-state index is 11.1. The number of benzene rings is 1. The van der Waals surface area contributed by atoms with Gasteiger partial charge in [0, 0.05) is 17.7 Å². The summed E-state index contributed by atoms with van der Waals surface area (Å²) in [5, 5.41) is 14.1. The fourth-order valence-corrected chi connectivity index (χ4v) is 1.90. The first-order valence-electron chi connectivity index (χ1n) is 6.21.